The van der Waals surface area contributed by atoms with Gasteiger partial charge in [-0.15, -0.1) is 0 Å². The number of aromatic carboxylic acids is 1. The number of carboxylic acid groups (broad SMARTS) is 1. The fourth-order valence-electron chi connectivity index (χ4n) is 1.92. The second-order valence-electron chi connectivity index (χ2n) is 4.58. The van der Waals surface area contributed by atoms with E-state index >= 15 is 0 Å². The number of hydrogen-bond acceptors (Lipinski definition) is 5. The normalized spacial score (nSPS) is 26.4. The van der Waals surface area contributed by atoms with Crippen LogP contribution in [0.25, 0.3) is 0 Å². The molecule has 19 heavy (non-hydrogen) atoms. The van der Waals surface area contributed by atoms with Gasteiger partial charge in [-0.2, -0.15) is 0 Å². The summed E-state index contributed by atoms with van der Waals surface area (Å²) in [6.07, 6.45) is 1.48. The highest BCUT2D eigenvalue weighted by atomic mass is 35.5. The van der Waals surface area contributed by atoms with Crippen LogP contribution in [0.2, 0.25) is 5.02 Å². The minimum atomic E-state index is -1.09. The number of anilines is 1. The van der Waals surface area contributed by atoms with Gasteiger partial charge in [0.15, 0.2) is 0 Å². The van der Waals surface area contributed by atoms with Crippen LogP contribution in [0.4, 0.5) is 5.82 Å². The molecular formula is C12H15ClN2O4. The fraction of sp³-hybridized carbons (Fsp3) is 0.500. The van der Waals surface area contributed by atoms with Crippen molar-refractivity contribution in [3.63, 3.8) is 0 Å². The van der Waals surface area contributed by atoms with Gasteiger partial charge in [-0.1, -0.05) is 11.6 Å². The highest BCUT2D eigenvalue weighted by Crippen LogP contribution is 2.27. The smallest absolute Gasteiger partial charge is 0.337 e. The lowest BCUT2D eigenvalue weighted by molar-refractivity contribution is -0.0176. The first-order valence-corrected chi connectivity index (χ1v) is 6.27. The Labute approximate surface area is 115 Å². The Hall–Kier alpha value is -1.37. The average molecular weight is 287 g/mol. The fourth-order valence-corrected chi connectivity index (χ4v) is 2.16. The SMILES string of the molecule is CC1OCCC1(O)CNc1ncc(C(=O)O)cc1Cl. The maximum absolute atomic E-state index is 10.7. The zero-order valence-corrected chi connectivity index (χ0v) is 11.1. The third kappa shape index (κ3) is 2.97. The summed E-state index contributed by atoms with van der Waals surface area (Å²) in [6.45, 7) is 2.56. The summed E-state index contributed by atoms with van der Waals surface area (Å²) in [5.41, 5.74) is -0.942. The molecule has 0 spiro atoms. The van der Waals surface area contributed by atoms with Crippen molar-refractivity contribution >= 4 is 23.4 Å². The Morgan fingerprint density at radius 2 is 2.47 bits per heavy atom. The molecule has 1 aliphatic heterocycles. The van der Waals surface area contributed by atoms with Gasteiger partial charge >= 0.3 is 5.97 Å². The molecule has 6 nitrogen and oxygen atoms in total. The van der Waals surface area contributed by atoms with Crippen LogP contribution in [0.15, 0.2) is 12.3 Å². The number of ether oxygens (including phenoxy) is 1. The van der Waals surface area contributed by atoms with E-state index in [1.807, 2.05) is 0 Å². The maximum atomic E-state index is 10.7. The number of hydrogen-bond donors (Lipinski definition) is 3. The van der Waals surface area contributed by atoms with E-state index in [9.17, 15) is 9.90 Å². The summed E-state index contributed by atoms with van der Waals surface area (Å²) in [5, 5.41) is 22.2. The highest BCUT2D eigenvalue weighted by molar-refractivity contribution is 6.33. The van der Waals surface area contributed by atoms with Crippen LogP contribution in [-0.4, -0.2) is 46.0 Å². The van der Waals surface area contributed by atoms with Crippen LogP contribution < -0.4 is 5.32 Å². The van der Waals surface area contributed by atoms with E-state index in [0.717, 1.165) is 0 Å². The molecular weight excluding hydrogens is 272 g/mol. The molecule has 3 N–H and O–H groups in total. The third-order valence-corrected chi connectivity index (χ3v) is 3.60. The highest BCUT2D eigenvalue weighted by Gasteiger charge is 2.39. The minimum absolute atomic E-state index is 0.0202. The van der Waals surface area contributed by atoms with Crippen molar-refractivity contribution < 1.29 is 19.7 Å². The van der Waals surface area contributed by atoms with Crippen LogP contribution >= 0.6 is 11.6 Å². The number of halogens is 1. The molecule has 0 amide bonds. The van der Waals surface area contributed by atoms with Crippen molar-refractivity contribution in [1.82, 2.24) is 4.98 Å². The number of carbonyl (C=O) groups is 1. The second kappa shape index (κ2) is 5.32. The van der Waals surface area contributed by atoms with E-state index in [1.54, 1.807) is 6.92 Å². The van der Waals surface area contributed by atoms with Gasteiger partial charge in [0, 0.05) is 25.8 Å². The molecule has 0 aliphatic carbocycles. The lowest BCUT2D eigenvalue weighted by Gasteiger charge is -2.26. The predicted molar refractivity (Wildman–Crippen MR) is 69.7 cm³/mol. The lowest BCUT2D eigenvalue weighted by atomic mass is 9.97. The molecule has 2 heterocycles. The molecule has 0 radical (unpaired) electrons. The standard InChI is InChI=1S/C12H15ClN2O4/c1-7-12(18,2-3-19-7)6-15-10-9(13)4-8(5-14-10)11(16)17/h4-5,7,18H,2-3,6H2,1H3,(H,14,15)(H,16,17). The molecule has 7 heteroatoms. The minimum Gasteiger partial charge on any atom is -0.478 e. The first-order chi connectivity index (χ1) is 8.92. The molecule has 104 valence electrons. The van der Waals surface area contributed by atoms with Gasteiger partial charge in [-0.05, 0) is 13.0 Å². The molecule has 0 saturated carbocycles. The Kier molecular flexibility index (Phi) is 3.93. The van der Waals surface area contributed by atoms with Gasteiger partial charge in [-0.25, -0.2) is 9.78 Å². The van der Waals surface area contributed by atoms with E-state index < -0.39 is 11.6 Å². The van der Waals surface area contributed by atoms with Gasteiger partial charge in [0.25, 0.3) is 0 Å². The molecule has 0 aromatic carbocycles. The Balaban J connectivity index is 2.06. The lowest BCUT2D eigenvalue weighted by Crippen LogP contribution is -2.43. The summed E-state index contributed by atoms with van der Waals surface area (Å²) in [6, 6.07) is 1.32. The van der Waals surface area contributed by atoms with Crippen LogP contribution in [0.5, 0.6) is 0 Å². The summed E-state index contributed by atoms with van der Waals surface area (Å²) >= 11 is 5.94. The van der Waals surface area contributed by atoms with Gasteiger partial charge in [0.1, 0.15) is 11.4 Å². The number of carboxylic acids is 1. The van der Waals surface area contributed by atoms with Crippen molar-refractivity contribution in [2.45, 2.75) is 25.0 Å². The maximum Gasteiger partial charge on any atom is 0.337 e. The number of nitrogens with one attached hydrogen (secondary N) is 1. The monoisotopic (exact) mass is 286 g/mol. The van der Waals surface area contributed by atoms with Crippen LogP contribution in [0, 0.1) is 0 Å². The summed E-state index contributed by atoms with van der Waals surface area (Å²) < 4.78 is 5.32. The summed E-state index contributed by atoms with van der Waals surface area (Å²) in [5.74, 6) is -0.739. The van der Waals surface area contributed by atoms with Crippen molar-refractivity contribution in [3.05, 3.63) is 22.8 Å². The van der Waals surface area contributed by atoms with Crippen molar-refractivity contribution in [3.8, 4) is 0 Å². The molecule has 2 atom stereocenters. The predicted octanol–water partition coefficient (Wildman–Crippen LogP) is 1.38. The summed E-state index contributed by atoms with van der Waals surface area (Å²) in [7, 11) is 0. The molecule has 1 aromatic rings. The van der Waals surface area contributed by atoms with E-state index in [4.69, 9.17) is 21.4 Å². The van der Waals surface area contributed by atoms with Crippen molar-refractivity contribution in [2.24, 2.45) is 0 Å². The van der Waals surface area contributed by atoms with Crippen LogP contribution in [-0.2, 0) is 4.74 Å². The van der Waals surface area contributed by atoms with Crippen LogP contribution in [0.3, 0.4) is 0 Å². The number of nitrogens with zero attached hydrogens (tertiary/aromatic N) is 1. The number of aliphatic hydroxyl groups is 1. The van der Waals surface area contributed by atoms with Crippen LogP contribution in [0.1, 0.15) is 23.7 Å². The molecule has 2 rings (SSSR count). The van der Waals surface area contributed by atoms with E-state index in [1.165, 1.54) is 12.3 Å². The topological polar surface area (TPSA) is 91.7 Å². The quantitative estimate of drug-likeness (QED) is 0.775. The zero-order valence-electron chi connectivity index (χ0n) is 10.4. The molecule has 1 saturated heterocycles. The first-order valence-electron chi connectivity index (χ1n) is 5.89. The largest absolute Gasteiger partial charge is 0.478 e. The Bertz CT molecular complexity index is 497. The zero-order chi connectivity index (χ0) is 14.0. The second-order valence-corrected chi connectivity index (χ2v) is 4.99. The van der Waals surface area contributed by atoms with Gasteiger partial charge in [0.05, 0.1) is 16.7 Å². The third-order valence-electron chi connectivity index (χ3n) is 3.31. The number of aromatic nitrogens is 1. The molecule has 2 unspecified atom stereocenters. The first kappa shape index (κ1) is 14.0. The molecule has 1 aliphatic rings. The molecule has 1 fully saturated rings. The van der Waals surface area contributed by atoms with E-state index in [0.29, 0.717) is 18.8 Å². The van der Waals surface area contributed by atoms with Crippen molar-refractivity contribution in [2.75, 3.05) is 18.5 Å². The number of rotatable bonds is 4. The van der Waals surface area contributed by atoms with E-state index in [-0.39, 0.29) is 23.2 Å². The van der Waals surface area contributed by atoms with Crippen molar-refractivity contribution in [1.29, 1.82) is 0 Å². The van der Waals surface area contributed by atoms with E-state index in [2.05, 4.69) is 10.3 Å². The van der Waals surface area contributed by atoms with Gasteiger partial charge in [0.2, 0.25) is 0 Å². The molecule has 0 bridgehead atoms. The van der Waals surface area contributed by atoms with Gasteiger partial charge in [-0.3, -0.25) is 0 Å². The Morgan fingerprint density at radius 1 is 1.74 bits per heavy atom. The number of pyridine rings is 1. The summed E-state index contributed by atoms with van der Waals surface area (Å²) in [4.78, 5) is 14.7. The van der Waals surface area contributed by atoms with Gasteiger partial charge < -0.3 is 20.3 Å². The Morgan fingerprint density at radius 3 is 3.00 bits per heavy atom. The molecule has 1 aromatic heterocycles. The average Bonchev–Trinajstić information content (AvgIpc) is 2.68.